The maximum atomic E-state index is 12.3. The van der Waals surface area contributed by atoms with Crippen LogP contribution in [0.15, 0.2) is 27.8 Å². The Bertz CT molecular complexity index is 743. The van der Waals surface area contributed by atoms with E-state index in [0.717, 1.165) is 12.5 Å². The molecule has 3 heterocycles. The highest BCUT2D eigenvalue weighted by Gasteiger charge is 2.28. The number of hydrogen-bond acceptors (Lipinski definition) is 5. The van der Waals surface area contributed by atoms with Gasteiger partial charge < -0.3 is 19.5 Å². The quantitative estimate of drug-likeness (QED) is 0.370. The molecule has 10 heteroatoms. The predicted octanol–water partition coefficient (Wildman–Crippen LogP) is 1.06. The van der Waals surface area contributed by atoms with E-state index in [-0.39, 0.29) is 47.3 Å². The van der Waals surface area contributed by atoms with Crippen LogP contribution in [0.1, 0.15) is 23.9 Å². The fourth-order valence-electron chi connectivity index (χ4n) is 3.33. The number of sulfone groups is 1. The van der Waals surface area contributed by atoms with Gasteiger partial charge in [-0.2, -0.15) is 0 Å². The molecule has 1 unspecified atom stereocenters. The summed E-state index contributed by atoms with van der Waals surface area (Å²) in [6.07, 6.45) is 2.19. The van der Waals surface area contributed by atoms with Crippen LogP contribution >= 0.6 is 24.0 Å². The second-order valence-electron chi connectivity index (χ2n) is 6.72. The average molecular weight is 510 g/mol. The molecule has 8 nitrogen and oxygen atoms in total. The predicted molar refractivity (Wildman–Crippen MR) is 114 cm³/mol. The number of guanidine groups is 1. The molecule has 0 bridgehead atoms. The van der Waals surface area contributed by atoms with Crippen LogP contribution in [-0.4, -0.2) is 80.9 Å². The Kier molecular flexibility index (Phi) is 7.95. The summed E-state index contributed by atoms with van der Waals surface area (Å²) in [7, 11) is -2.88. The molecule has 1 N–H and O–H groups in total. The first-order valence-electron chi connectivity index (χ1n) is 9.05. The molecule has 0 radical (unpaired) electrons. The van der Waals surface area contributed by atoms with Gasteiger partial charge in [-0.3, -0.25) is 9.79 Å². The Morgan fingerprint density at radius 2 is 2.00 bits per heavy atom. The first-order valence-corrected chi connectivity index (χ1v) is 10.9. The summed E-state index contributed by atoms with van der Waals surface area (Å²) in [6, 6.07) is 3.39. The molecule has 2 aliphatic rings. The maximum Gasteiger partial charge on any atom is 0.289 e. The number of carbonyl (C=O) groups excluding carboxylic acids is 1. The molecule has 0 aliphatic carbocycles. The number of nitrogens with one attached hydrogen (secondary N) is 1. The van der Waals surface area contributed by atoms with Crippen molar-refractivity contribution in [2.75, 3.05) is 50.8 Å². The minimum Gasteiger partial charge on any atom is -0.459 e. The van der Waals surface area contributed by atoms with E-state index in [4.69, 9.17) is 4.42 Å². The standard InChI is InChI=1S/C17H26N4O4S.HI/c1-2-18-17(19-12-14-5-11-26(23,24)13-14)21-8-6-20(7-9-21)16(22)15-4-3-10-25-15;/h3-4,10,14H,2,5-9,11-13H2,1H3,(H,18,19);1H. The molecule has 1 atom stereocenters. The van der Waals surface area contributed by atoms with Crippen molar-refractivity contribution >= 4 is 45.7 Å². The van der Waals surface area contributed by atoms with Crippen LogP contribution in [0.3, 0.4) is 0 Å². The molecule has 2 aliphatic heterocycles. The molecular formula is C17H27IN4O4S. The van der Waals surface area contributed by atoms with E-state index in [0.29, 0.717) is 44.9 Å². The largest absolute Gasteiger partial charge is 0.459 e. The molecule has 0 spiro atoms. The van der Waals surface area contributed by atoms with Gasteiger partial charge >= 0.3 is 0 Å². The smallest absolute Gasteiger partial charge is 0.289 e. The molecule has 1 amide bonds. The van der Waals surface area contributed by atoms with Crippen molar-refractivity contribution in [1.29, 1.82) is 0 Å². The van der Waals surface area contributed by atoms with E-state index in [1.54, 1.807) is 17.0 Å². The number of halogens is 1. The average Bonchev–Trinajstić information content (AvgIpc) is 3.28. The van der Waals surface area contributed by atoms with Gasteiger partial charge in [0.2, 0.25) is 0 Å². The zero-order chi connectivity index (χ0) is 18.6. The van der Waals surface area contributed by atoms with Crippen LogP contribution in [0, 0.1) is 5.92 Å². The minimum absolute atomic E-state index is 0. The van der Waals surface area contributed by atoms with Crippen molar-refractivity contribution in [1.82, 2.24) is 15.1 Å². The van der Waals surface area contributed by atoms with E-state index in [1.165, 1.54) is 6.26 Å². The molecule has 2 fully saturated rings. The Morgan fingerprint density at radius 3 is 2.56 bits per heavy atom. The first kappa shape index (κ1) is 22.0. The first-order chi connectivity index (χ1) is 12.5. The van der Waals surface area contributed by atoms with E-state index in [1.807, 2.05) is 6.92 Å². The maximum absolute atomic E-state index is 12.3. The molecule has 2 saturated heterocycles. The third kappa shape index (κ3) is 5.84. The van der Waals surface area contributed by atoms with E-state index in [9.17, 15) is 13.2 Å². The fraction of sp³-hybridized carbons (Fsp3) is 0.647. The summed E-state index contributed by atoms with van der Waals surface area (Å²) in [5.74, 6) is 1.69. The number of hydrogen-bond donors (Lipinski definition) is 1. The highest BCUT2D eigenvalue weighted by atomic mass is 127. The van der Waals surface area contributed by atoms with Gasteiger partial charge in [-0.1, -0.05) is 0 Å². The van der Waals surface area contributed by atoms with Crippen molar-refractivity contribution in [2.45, 2.75) is 13.3 Å². The topological polar surface area (TPSA) is 95.2 Å². The number of rotatable bonds is 4. The van der Waals surface area contributed by atoms with Gasteiger partial charge in [0.1, 0.15) is 0 Å². The highest BCUT2D eigenvalue weighted by molar-refractivity contribution is 14.0. The summed E-state index contributed by atoms with van der Waals surface area (Å²) in [6.45, 7) is 5.83. The van der Waals surface area contributed by atoms with Crippen LogP contribution < -0.4 is 5.32 Å². The van der Waals surface area contributed by atoms with Crippen LogP contribution in [0.2, 0.25) is 0 Å². The lowest BCUT2D eigenvalue weighted by Crippen LogP contribution is -2.53. The van der Waals surface area contributed by atoms with E-state index in [2.05, 4.69) is 15.2 Å². The molecule has 27 heavy (non-hydrogen) atoms. The van der Waals surface area contributed by atoms with E-state index < -0.39 is 9.84 Å². The van der Waals surface area contributed by atoms with Gasteiger partial charge in [-0.05, 0) is 31.4 Å². The molecule has 0 saturated carbocycles. The SMILES string of the molecule is CCNC(=NCC1CCS(=O)(=O)C1)N1CCN(C(=O)c2ccco2)CC1.I. The van der Waals surface area contributed by atoms with Gasteiger partial charge in [0.15, 0.2) is 21.6 Å². The Balaban J connectivity index is 0.00000261. The second kappa shape index (κ2) is 9.76. The zero-order valence-corrected chi connectivity index (χ0v) is 18.6. The van der Waals surface area contributed by atoms with Crippen molar-refractivity contribution in [3.8, 4) is 0 Å². The number of amides is 1. The number of piperazine rings is 1. The second-order valence-corrected chi connectivity index (χ2v) is 8.95. The normalized spacial score (nSPS) is 22.4. The molecular weight excluding hydrogens is 483 g/mol. The summed E-state index contributed by atoms with van der Waals surface area (Å²) in [5.41, 5.74) is 0. The summed E-state index contributed by atoms with van der Waals surface area (Å²) >= 11 is 0. The fourth-order valence-corrected chi connectivity index (χ4v) is 5.18. The van der Waals surface area contributed by atoms with Crippen LogP contribution in [0.4, 0.5) is 0 Å². The molecule has 152 valence electrons. The molecule has 0 aromatic carbocycles. The van der Waals surface area contributed by atoms with Gasteiger partial charge in [0.05, 0.1) is 17.8 Å². The van der Waals surface area contributed by atoms with Crippen molar-refractivity contribution < 1.29 is 17.6 Å². The number of carbonyl (C=O) groups is 1. The molecule has 3 rings (SSSR count). The molecule has 1 aromatic heterocycles. The van der Waals surface area contributed by atoms with Crippen LogP contribution in [-0.2, 0) is 9.84 Å². The molecule has 1 aromatic rings. The number of furan rings is 1. The van der Waals surface area contributed by atoms with Gasteiger partial charge in [0, 0.05) is 39.3 Å². The third-order valence-corrected chi connectivity index (χ3v) is 6.60. The van der Waals surface area contributed by atoms with Crippen LogP contribution in [0.5, 0.6) is 0 Å². The summed E-state index contributed by atoms with van der Waals surface area (Å²) in [5, 5.41) is 3.27. The summed E-state index contributed by atoms with van der Waals surface area (Å²) in [4.78, 5) is 20.9. The Morgan fingerprint density at radius 1 is 1.30 bits per heavy atom. The summed E-state index contributed by atoms with van der Waals surface area (Å²) < 4.78 is 28.4. The van der Waals surface area contributed by atoms with Crippen molar-refractivity contribution in [3.63, 3.8) is 0 Å². The van der Waals surface area contributed by atoms with Gasteiger partial charge in [-0.25, -0.2) is 8.42 Å². The lowest BCUT2D eigenvalue weighted by atomic mass is 10.1. The van der Waals surface area contributed by atoms with Crippen molar-refractivity contribution in [3.05, 3.63) is 24.2 Å². The Hall–Kier alpha value is -1.30. The zero-order valence-electron chi connectivity index (χ0n) is 15.5. The lowest BCUT2D eigenvalue weighted by molar-refractivity contribution is 0.0657. The van der Waals surface area contributed by atoms with Gasteiger partial charge in [-0.15, -0.1) is 24.0 Å². The van der Waals surface area contributed by atoms with Crippen molar-refractivity contribution in [2.24, 2.45) is 10.9 Å². The Labute approximate surface area is 177 Å². The highest BCUT2D eigenvalue weighted by Crippen LogP contribution is 2.18. The lowest BCUT2D eigenvalue weighted by Gasteiger charge is -2.36. The number of nitrogens with zero attached hydrogens (tertiary/aromatic N) is 3. The van der Waals surface area contributed by atoms with Crippen LogP contribution in [0.25, 0.3) is 0 Å². The third-order valence-electron chi connectivity index (χ3n) is 4.76. The minimum atomic E-state index is -2.88. The van der Waals surface area contributed by atoms with Gasteiger partial charge in [0.25, 0.3) is 5.91 Å². The number of aliphatic imine (C=N–C) groups is 1. The monoisotopic (exact) mass is 510 g/mol. The van der Waals surface area contributed by atoms with E-state index >= 15 is 0 Å².